The van der Waals surface area contributed by atoms with Gasteiger partial charge in [0.2, 0.25) is 0 Å². The Balaban J connectivity index is 1.71. The van der Waals surface area contributed by atoms with E-state index >= 15 is 0 Å². The van der Waals surface area contributed by atoms with Crippen LogP contribution in [-0.2, 0) is 4.79 Å². The predicted octanol–water partition coefficient (Wildman–Crippen LogP) is 3.27. The van der Waals surface area contributed by atoms with Crippen molar-refractivity contribution in [1.29, 1.82) is 5.26 Å². The molecular weight excluding hydrogens is 272 g/mol. The maximum atomic E-state index is 12.3. The Labute approximate surface area is 132 Å². The molecule has 4 aliphatic rings. The molecule has 3 heteroatoms. The van der Waals surface area contributed by atoms with Gasteiger partial charge in [0.15, 0.2) is 0 Å². The number of Topliss-reactive ketones (excluding diaryl/α,β-unsaturated/α-hetero) is 1. The summed E-state index contributed by atoms with van der Waals surface area (Å²) in [7, 11) is 0. The fraction of sp³-hybridized carbons (Fsp3) is 0.684. The zero-order chi connectivity index (χ0) is 15.5. The number of hydrogen-bond acceptors (Lipinski definition) is 3. The number of allylic oxidation sites excluding steroid dienone is 2. The Morgan fingerprint density at radius 2 is 2.14 bits per heavy atom. The summed E-state index contributed by atoms with van der Waals surface area (Å²) in [6.07, 6.45) is 9.19. The first-order valence-electron chi connectivity index (χ1n) is 8.68. The van der Waals surface area contributed by atoms with Gasteiger partial charge >= 0.3 is 0 Å². The van der Waals surface area contributed by atoms with Crippen LogP contribution in [0.3, 0.4) is 0 Å². The van der Waals surface area contributed by atoms with E-state index in [1.165, 1.54) is 11.1 Å². The summed E-state index contributed by atoms with van der Waals surface area (Å²) >= 11 is 0. The summed E-state index contributed by atoms with van der Waals surface area (Å²) in [5.74, 6) is 2.25. The van der Waals surface area contributed by atoms with Crippen molar-refractivity contribution in [3.8, 4) is 6.07 Å². The van der Waals surface area contributed by atoms with Crippen LogP contribution in [0.15, 0.2) is 22.8 Å². The Kier molecular flexibility index (Phi) is 3.10. The van der Waals surface area contributed by atoms with Crippen molar-refractivity contribution in [1.82, 2.24) is 0 Å². The Morgan fingerprint density at radius 1 is 1.32 bits per heavy atom. The molecule has 116 valence electrons. The number of ketones is 1. The molecule has 0 spiro atoms. The highest BCUT2D eigenvalue weighted by molar-refractivity contribution is 5.87. The van der Waals surface area contributed by atoms with Gasteiger partial charge in [0.25, 0.3) is 0 Å². The zero-order valence-electron chi connectivity index (χ0n) is 13.3. The van der Waals surface area contributed by atoms with E-state index < -0.39 is 0 Å². The van der Waals surface area contributed by atoms with Crippen LogP contribution in [0.25, 0.3) is 0 Å². The maximum Gasteiger partial charge on any atom is 0.139 e. The van der Waals surface area contributed by atoms with Crippen molar-refractivity contribution in [2.45, 2.75) is 57.9 Å². The molecule has 0 amide bonds. The van der Waals surface area contributed by atoms with Crippen molar-refractivity contribution >= 4 is 5.78 Å². The van der Waals surface area contributed by atoms with E-state index in [1.54, 1.807) is 0 Å². The molecule has 3 saturated carbocycles. The SMILES string of the molecule is C[C@]12CCC3C4=CCC(N)C(C#N)=C4CCC3C1CCC2=O. The van der Waals surface area contributed by atoms with Crippen LogP contribution in [0.4, 0.5) is 0 Å². The van der Waals surface area contributed by atoms with Gasteiger partial charge in [-0.05, 0) is 67.4 Å². The van der Waals surface area contributed by atoms with E-state index in [0.717, 1.165) is 50.5 Å². The highest BCUT2D eigenvalue weighted by Gasteiger charge is 2.55. The Morgan fingerprint density at radius 3 is 2.91 bits per heavy atom. The number of nitrogens with zero attached hydrogens (tertiary/aromatic N) is 1. The van der Waals surface area contributed by atoms with Gasteiger partial charge in [-0.1, -0.05) is 13.0 Å². The highest BCUT2D eigenvalue weighted by atomic mass is 16.1. The van der Waals surface area contributed by atoms with Crippen molar-refractivity contribution < 1.29 is 4.79 Å². The van der Waals surface area contributed by atoms with Gasteiger partial charge in [0.05, 0.1) is 11.6 Å². The summed E-state index contributed by atoms with van der Waals surface area (Å²) < 4.78 is 0. The molecule has 3 nitrogen and oxygen atoms in total. The van der Waals surface area contributed by atoms with Crippen LogP contribution in [0.1, 0.15) is 51.9 Å². The number of carbonyl (C=O) groups excluding carboxylic acids is 1. The number of fused-ring (bicyclic) bond motifs is 5. The van der Waals surface area contributed by atoms with E-state index in [1.807, 2.05) is 0 Å². The van der Waals surface area contributed by atoms with Crippen molar-refractivity contribution in [2.75, 3.05) is 0 Å². The van der Waals surface area contributed by atoms with Crippen LogP contribution in [0.2, 0.25) is 0 Å². The third kappa shape index (κ3) is 1.74. The first kappa shape index (κ1) is 14.2. The molecule has 4 rings (SSSR count). The normalized spacial score (nSPS) is 43.9. The first-order valence-corrected chi connectivity index (χ1v) is 8.68. The predicted molar refractivity (Wildman–Crippen MR) is 84.6 cm³/mol. The van der Waals surface area contributed by atoms with Gasteiger partial charge in [0, 0.05) is 17.9 Å². The monoisotopic (exact) mass is 296 g/mol. The molecule has 5 atom stereocenters. The average Bonchev–Trinajstić information content (AvgIpc) is 2.82. The summed E-state index contributed by atoms with van der Waals surface area (Å²) in [6.45, 7) is 2.21. The summed E-state index contributed by atoms with van der Waals surface area (Å²) in [4.78, 5) is 12.3. The lowest BCUT2D eigenvalue weighted by molar-refractivity contribution is -0.129. The highest BCUT2D eigenvalue weighted by Crippen LogP contribution is 2.60. The van der Waals surface area contributed by atoms with Gasteiger partial charge in [-0.2, -0.15) is 5.26 Å². The Hall–Kier alpha value is -1.40. The molecule has 4 unspecified atom stereocenters. The summed E-state index contributed by atoms with van der Waals surface area (Å²) in [5.41, 5.74) is 9.54. The van der Waals surface area contributed by atoms with Crippen molar-refractivity contribution in [2.24, 2.45) is 28.9 Å². The molecule has 0 bridgehead atoms. The molecule has 22 heavy (non-hydrogen) atoms. The average molecular weight is 296 g/mol. The van der Waals surface area contributed by atoms with Gasteiger partial charge in [0.1, 0.15) is 5.78 Å². The minimum atomic E-state index is -0.109. The number of carbonyl (C=O) groups is 1. The third-order valence-corrected chi connectivity index (χ3v) is 7.03. The van der Waals surface area contributed by atoms with Gasteiger partial charge in [-0.25, -0.2) is 0 Å². The molecular formula is C19H24N2O. The lowest BCUT2D eigenvalue weighted by Gasteiger charge is -2.50. The minimum Gasteiger partial charge on any atom is -0.323 e. The van der Waals surface area contributed by atoms with E-state index in [9.17, 15) is 10.1 Å². The van der Waals surface area contributed by atoms with Gasteiger partial charge in [-0.15, -0.1) is 0 Å². The second-order valence-corrected chi connectivity index (χ2v) is 7.84. The first-order chi connectivity index (χ1) is 10.6. The molecule has 3 fully saturated rings. The largest absolute Gasteiger partial charge is 0.323 e. The van der Waals surface area contributed by atoms with Crippen LogP contribution in [0.5, 0.6) is 0 Å². The fourth-order valence-corrected chi connectivity index (χ4v) is 5.84. The van der Waals surface area contributed by atoms with Gasteiger partial charge < -0.3 is 5.73 Å². The lowest BCUT2D eigenvalue weighted by atomic mass is 9.54. The topological polar surface area (TPSA) is 66.9 Å². The van der Waals surface area contributed by atoms with E-state index in [0.29, 0.717) is 23.5 Å². The van der Waals surface area contributed by atoms with Crippen LogP contribution < -0.4 is 5.73 Å². The van der Waals surface area contributed by atoms with Crippen molar-refractivity contribution in [3.63, 3.8) is 0 Å². The summed E-state index contributed by atoms with van der Waals surface area (Å²) in [5, 5.41) is 9.46. The standard InChI is InChI=1S/C19H24N2O/c1-19-9-8-13-11-4-6-17(21)15(10-20)12(11)2-3-14(13)16(19)5-7-18(19)22/h4,13-14,16-17H,2-3,5-9,21H2,1H3/t13?,14?,16?,17?,19-/m0/s1. The Bertz CT molecular complexity index is 638. The number of rotatable bonds is 0. The molecule has 0 heterocycles. The molecule has 0 radical (unpaired) electrons. The quantitative estimate of drug-likeness (QED) is 0.746. The van der Waals surface area contributed by atoms with Gasteiger partial charge in [-0.3, -0.25) is 4.79 Å². The van der Waals surface area contributed by atoms with Crippen LogP contribution in [-0.4, -0.2) is 11.8 Å². The second-order valence-electron chi connectivity index (χ2n) is 7.84. The number of hydrogen-bond donors (Lipinski definition) is 1. The zero-order valence-corrected chi connectivity index (χ0v) is 13.3. The molecule has 0 aromatic rings. The fourth-order valence-electron chi connectivity index (χ4n) is 5.84. The molecule has 2 N–H and O–H groups in total. The molecule has 0 aliphatic heterocycles. The molecule has 0 aromatic heterocycles. The third-order valence-electron chi connectivity index (χ3n) is 7.03. The maximum absolute atomic E-state index is 12.3. The van der Waals surface area contributed by atoms with E-state index in [2.05, 4.69) is 19.1 Å². The molecule has 0 saturated heterocycles. The van der Waals surface area contributed by atoms with Crippen molar-refractivity contribution in [3.05, 3.63) is 22.8 Å². The van der Waals surface area contributed by atoms with E-state index in [-0.39, 0.29) is 11.5 Å². The van der Waals surface area contributed by atoms with Crippen LogP contribution >= 0.6 is 0 Å². The molecule has 4 aliphatic carbocycles. The minimum absolute atomic E-state index is 0.0634. The lowest BCUT2D eigenvalue weighted by Crippen LogP contribution is -2.44. The van der Waals surface area contributed by atoms with Crippen LogP contribution in [0, 0.1) is 34.5 Å². The second kappa shape index (κ2) is 4.80. The summed E-state index contributed by atoms with van der Waals surface area (Å²) in [6, 6.07) is 2.26. The number of nitrogens with two attached hydrogens (primary N) is 1. The van der Waals surface area contributed by atoms with E-state index in [4.69, 9.17) is 5.73 Å². The smallest absolute Gasteiger partial charge is 0.139 e. The molecule has 0 aromatic carbocycles. The number of nitriles is 1.